The second kappa shape index (κ2) is 3.57. The van der Waals surface area contributed by atoms with Gasteiger partial charge in [-0.2, -0.15) is 0 Å². The van der Waals surface area contributed by atoms with Gasteiger partial charge in [-0.15, -0.1) is 0 Å². The minimum absolute atomic E-state index is 0.257. The summed E-state index contributed by atoms with van der Waals surface area (Å²) in [6, 6.07) is 8.48. The zero-order chi connectivity index (χ0) is 9.26. The molecule has 0 saturated carbocycles. The van der Waals surface area contributed by atoms with Gasteiger partial charge in [-0.1, -0.05) is 0 Å². The van der Waals surface area contributed by atoms with Crippen molar-refractivity contribution in [1.82, 2.24) is 0 Å². The van der Waals surface area contributed by atoms with E-state index in [2.05, 4.69) is 37.0 Å². The number of rotatable bonds is 2. The molecule has 0 atom stereocenters. The summed E-state index contributed by atoms with van der Waals surface area (Å²) in [4.78, 5) is 2.24. The van der Waals surface area contributed by atoms with E-state index in [4.69, 9.17) is 4.74 Å². The molecule has 2 aromatic rings. The van der Waals surface area contributed by atoms with Gasteiger partial charge in [0.1, 0.15) is 0 Å². The standard InChI is InChI=1S/C11H12OSe/c1-8(2)12-10-4-3-5-11-9(10)6-7-13-11/h3-8H,1-2H3. The van der Waals surface area contributed by atoms with Crippen molar-refractivity contribution < 1.29 is 4.74 Å². The summed E-state index contributed by atoms with van der Waals surface area (Å²) in [7, 11) is 0. The molecule has 0 N–H and O–H groups in total. The zero-order valence-electron chi connectivity index (χ0n) is 7.78. The van der Waals surface area contributed by atoms with Crippen LogP contribution >= 0.6 is 0 Å². The van der Waals surface area contributed by atoms with Crippen LogP contribution in [0.2, 0.25) is 0 Å². The molecular formula is C11H12OSe. The van der Waals surface area contributed by atoms with Crippen molar-refractivity contribution in [2.24, 2.45) is 0 Å². The number of hydrogen-bond donors (Lipinski definition) is 0. The second-order valence-electron chi connectivity index (χ2n) is 3.26. The molecule has 1 aromatic carbocycles. The van der Waals surface area contributed by atoms with Gasteiger partial charge in [-0.3, -0.25) is 0 Å². The van der Waals surface area contributed by atoms with Gasteiger partial charge in [0.05, 0.1) is 0 Å². The molecule has 0 unspecified atom stereocenters. The summed E-state index contributed by atoms with van der Waals surface area (Å²) in [5.41, 5.74) is 0. The molecule has 0 aliphatic carbocycles. The Hall–Kier alpha value is -0.721. The maximum atomic E-state index is 5.72. The van der Waals surface area contributed by atoms with Gasteiger partial charge in [0.2, 0.25) is 0 Å². The molecule has 2 rings (SSSR count). The molecule has 68 valence electrons. The van der Waals surface area contributed by atoms with Crippen molar-refractivity contribution >= 4 is 24.1 Å². The number of hydrogen-bond acceptors (Lipinski definition) is 1. The van der Waals surface area contributed by atoms with E-state index < -0.39 is 0 Å². The maximum absolute atomic E-state index is 5.72. The van der Waals surface area contributed by atoms with Crippen molar-refractivity contribution in [2.45, 2.75) is 20.0 Å². The van der Waals surface area contributed by atoms with Crippen LogP contribution in [0.15, 0.2) is 29.2 Å². The molecule has 0 aliphatic rings. The van der Waals surface area contributed by atoms with E-state index in [0.29, 0.717) is 14.5 Å². The number of fused-ring (bicyclic) bond motifs is 1. The Bertz CT molecular complexity index is 403. The normalized spacial score (nSPS) is 11.0. The van der Waals surface area contributed by atoms with Gasteiger partial charge in [0.15, 0.2) is 0 Å². The van der Waals surface area contributed by atoms with Crippen molar-refractivity contribution in [3.05, 3.63) is 29.2 Å². The molecule has 1 heterocycles. The average Bonchev–Trinajstić information content (AvgIpc) is 2.51. The topological polar surface area (TPSA) is 9.23 Å². The molecule has 0 fully saturated rings. The zero-order valence-corrected chi connectivity index (χ0v) is 9.49. The van der Waals surface area contributed by atoms with Gasteiger partial charge < -0.3 is 0 Å². The van der Waals surface area contributed by atoms with Crippen LogP contribution in [-0.2, 0) is 0 Å². The van der Waals surface area contributed by atoms with Crippen molar-refractivity contribution in [3.63, 3.8) is 0 Å². The third kappa shape index (κ3) is 1.79. The van der Waals surface area contributed by atoms with Crippen LogP contribution in [0.3, 0.4) is 0 Å². The summed E-state index contributed by atoms with van der Waals surface area (Å²) in [5, 5.41) is 1.29. The molecule has 0 radical (unpaired) electrons. The summed E-state index contributed by atoms with van der Waals surface area (Å²) < 4.78 is 7.15. The summed E-state index contributed by atoms with van der Waals surface area (Å²) in [6.45, 7) is 4.12. The molecule has 0 bridgehead atoms. The fourth-order valence-electron chi connectivity index (χ4n) is 1.32. The Morgan fingerprint density at radius 1 is 1.23 bits per heavy atom. The molecule has 0 aliphatic heterocycles. The van der Waals surface area contributed by atoms with Crippen LogP contribution in [0.1, 0.15) is 13.8 Å². The monoisotopic (exact) mass is 240 g/mol. The molecule has 1 nitrogen and oxygen atoms in total. The average molecular weight is 239 g/mol. The second-order valence-corrected chi connectivity index (χ2v) is 5.24. The van der Waals surface area contributed by atoms with E-state index in [1.807, 2.05) is 6.07 Å². The Morgan fingerprint density at radius 3 is 2.85 bits per heavy atom. The summed E-state index contributed by atoms with van der Waals surface area (Å²) in [6.07, 6.45) is 0.257. The fourth-order valence-corrected chi connectivity index (χ4v) is 3.01. The van der Waals surface area contributed by atoms with E-state index in [9.17, 15) is 0 Å². The van der Waals surface area contributed by atoms with E-state index in [0.717, 1.165) is 5.75 Å². The number of benzene rings is 1. The van der Waals surface area contributed by atoms with E-state index in [1.54, 1.807) is 0 Å². The summed E-state index contributed by atoms with van der Waals surface area (Å²) in [5.74, 6) is 1.03. The van der Waals surface area contributed by atoms with Gasteiger partial charge >= 0.3 is 83.8 Å². The van der Waals surface area contributed by atoms with E-state index >= 15 is 0 Å². The molecule has 13 heavy (non-hydrogen) atoms. The van der Waals surface area contributed by atoms with Crippen molar-refractivity contribution in [2.75, 3.05) is 0 Å². The Kier molecular flexibility index (Phi) is 2.43. The van der Waals surface area contributed by atoms with Gasteiger partial charge in [0, 0.05) is 0 Å². The first-order valence-electron chi connectivity index (χ1n) is 4.40. The van der Waals surface area contributed by atoms with Gasteiger partial charge in [0.25, 0.3) is 0 Å². The first kappa shape index (κ1) is 8.86. The predicted octanol–water partition coefficient (Wildman–Crippen LogP) is 2.68. The molecule has 0 spiro atoms. The van der Waals surface area contributed by atoms with Crippen LogP contribution in [0, 0.1) is 0 Å². The Labute approximate surface area is 84.1 Å². The molecule has 0 saturated heterocycles. The first-order valence-corrected chi connectivity index (χ1v) is 6.25. The molecule has 1 aromatic heterocycles. The van der Waals surface area contributed by atoms with Crippen LogP contribution in [-0.4, -0.2) is 20.6 Å². The number of ether oxygens (including phenoxy) is 1. The van der Waals surface area contributed by atoms with Crippen LogP contribution in [0.4, 0.5) is 0 Å². The van der Waals surface area contributed by atoms with E-state index in [1.165, 1.54) is 9.65 Å². The van der Waals surface area contributed by atoms with Crippen LogP contribution in [0.5, 0.6) is 5.75 Å². The minimum atomic E-state index is 0.257. The Balaban J connectivity index is 2.48. The van der Waals surface area contributed by atoms with Crippen molar-refractivity contribution in [3.8, 4) is 5.75 Å². The first-order chi connectivity index (χ1) is 6.27. The summed E-state index contributed by atoms with van der Waals surface area (Å²) >= 11 is 0.520. The molecule has 0 amide bonds. The third-order valence-corrected chi connectivity index (χ3v) is 3.67. The Morgan fingerprint density at radius 2 is 2.08 bits per heavy atom. The van der Waals surface area contributed by atoms with Crippen LogP contribution < -0.4 is 4.74 Å². The van der Waals surface area contributed by atoms with Gasteiger partial charge in [-0.25, -0.2) is 0 Å². The van der Waals surface area contributed by atoms with E-state index in [-0.39, 0.29) is 6.10 Å². The predicted molar refractivity (Wildman–Crippen MR) is 56.7 cm³/mol. The van der Waals surface area contributed by atoms with Crippen LogP contribution in [0.25, 0.3) is 9.65 Å². The van der Waals surface area contributed by atoms with Crippen molar-refractivity contribution in [1.29, 1.82) is 0 Å². The molecule has 2 heteroatoms. The quantitative estimate of drug-likeness (QED) is 0.732. The molecular weight excluding hydrogens is 227 g/mol. The SMILES string of the molecule is CC(C)Oc1cccc2[se]ccc12. The fraction of sp³-hybridized carbons (Fsp3) is 0.273. The third-order valence-electron chi connectivity index (χ3n) is 1.82. The van der Waals surface area contributed by atoms with Gasteiger partial charge in [-0.05, 0) is 0 Å².